The van der Waals surface area contributed by atoms with E-state index in [1.54, 1.807) is 0 Å². The fourth-order valence-corrected chi connectivity index (χ4v) is 5.13. The van der Waals surface area contributed by atoms with Crippen LogP contribution < -0.4 is 5.32 Å². The molecule has 2 saturated carbocycles. The highest BCUT2D eigenvalue weighted by Gasteiger charge is 2.35. The van der Waals surface area contributed by atoms with Crippen molar-refractivity contribution in [1.82, 2.24) is 10.2 Å². The molecule has 2 aliphatic carbocycles. The Morgan fingerprint density at radius 1 is 1.12 bits per heavy atom. The molecular formula is C20H38N2O2. The van der Waals surface area contributed by atoms with E-state index in [1.807, 2.05) is 0 Å². The monoisotopic (exact) mass is 338 g/mol. The average molecular weight is 339 g/mol. The average Bonchev–Trinajstić information content (AvgIpc) is 2.57. The van der Waals surface area contributed by atoms with Crippen LogP contribution in [0.1, 0.15) is 64.7 Å². The maximum absolute atomic E-state index is 10.9. The number of rotatable bonds is 0. The lowest BCUT2D eigenvalue weighted by Crippen LogP contribution is -2.42. The van der Waals surface area contributed by atoms with Gasteiger partial charge in [-0.3, -0.25) is 5.32 Å². The van der Waals surface area contributed by atoms with Gasteiger partial charge in [-0.1, -0.05) is 13.3 Å². The molecule has 4 aliphatic rings. The largest absolute Gasteiger partial charge is 0.390 e. The topological polar surface area (TPSA) is 44.7 Å². The lowest BCUT2D eigenvalue weighted by atomic mass is 9.73. The highest BCUT2D eigenvalue weighted by Crippen LogP contribution is 2.38. The van der Waals surface area contributed by atoms with Gasteiger partial charge in [0.25, 0.3) is 0 Å². The second kappa shape index (κ2) is 8.48. The zero-order valence-corrected chi connectivity index (χ0v) is 15.8. The van der Waals surface area contributed by atoms with E-state index in [0.717, 1.165) is 57.1 Å². The molecule has 0 amide bonds. The van der Waals surface area contributed by atoms with Crippen molar-refractivity contribution in [3.63, 3.8) is 0 Å². The number of hydrogen-bond acceptors (Lipinski definition) is 4. The number of nitrogens with zero attached hydrogens (tertiary/aromatic N) is 1. The third-order valence-electron chi connectivity index (χ3n) is 6.93. The first-order chi connectivity index (χ1) is 11.5. The normalized spacial score (nSPS) is 43.6. The van der Waals surface area contributed by atoms with E-state index in [2.05, 4.69) is 24.2 Å². The van der Waals surface area contributed by atoms with Crippen LogP contribution in [0.25, 0.3) is 0 Å². The van der Waals surface area contributed by atoms with Crippen molar-refractivity contribution in [3.8, 4) is 0 Å². The third kappa shape index (κ3) is 5.17. The van der Waals surface area contributed by atoms with E-state index >= 15 is 0 Å². The molecule has 4 rings (SSSR count). The van der Waals surface area contributed by atoms with E-state index in [-0.39, 0.29) is 0 Å². The summed E-state index contributed by atoms with van der Waals surface area (Å²) in [7, 11) is 2.24. The van der Waals surface area contributed by atoms with Gasteiger partial charge in [0.1, 0.15) is 0 Å². The van der Waals surface area contributed by atoms with E-state index in [0.29, 0.717) is 18.7 Å². The predicted molar refractivity (Wildman–Crippen MR) is 97.9 cm³/mol. The van der Waals surface area contributed by atoms with Crippen LogP contribution >= 0.6 is 0 Å². The van der Waals surface area contributed by atoms with Crippen LogP contribution in [-0.4, -0.2) is 55.1 Å². The summed E-state index contributed by atoms with van der Waals surface area (Å²) >= 11 is 0. The van der Waals surface area contributed by atoms with Crippen molar-refractivity contribution < 1.29 is 9.84 Å². The Kier molecular flexibility index (Phi) is 6.58. The first-order valence-electron chi connectivity index (χ1n) is 10.3. The Balaban J connectivity index is 1.60. The summed E-state index contributed by atoms with van der Waals surface area (Å²) < 4.78 is 5.95. The molecule has 4 bridgehead atoms. The van der Waals surface area contributed by atoms with Gasteiger partial charge in [-0.2, -0.15) is 0 Å². The van der Waals surface area contributed by atoms with Crippen LogP contribution in [0.5, 0.6) is 0 Å². The van der Waals surface area contributed by atoms with Gasteiger partial charge in [0.15, 0.2) is 0 Å². The smallest absolute Gasteiger partial charge is 0.0967 e. The summed E-state index contributed by atoms with van der Waals surface area (Å²) in [5, 5.41) is 14.6. The lowest BCUT2D eigenvalue weighted by molar-refractivity contribution is -0.0377. The lowest BCUT2D eigenvalue weighted by Gasteiger charge is -2.40. The van der Waals surface area contributed by atoms with Gasteiger partial charge in [-0.15, -0.1) is 0 Å². The number of hydrogen-bond donors (Lipinski definition) is 2. The van der Waals surface area contributed by atoms with Gasteiger partial charge < -0.3 is 14.7 Å². The first-order valence-corrected chi connectivity index (χ1v) is 10.3. The standard InChI is InChI=1S/C20H38N2O2/c1-16-14-24-15-21-19-5-3-4-17(12-19)13-22(2)11-10-20(23)8-6-18(16)7-9-20/h16-19,21,23H,3-15H2,1-2H3. The molecule has 4 fully saturated rings. The minimum absolute atomic E-state index is 0.418. The molecule has 4 nitrogen and oxygen atoms in total. The molecule has 0 aromatic heterocycles. The van der Waals surface area contributed by atoms with Gasteiger partial charge in [0.05, 0.1) is 18.9 Å². The number of ether oxygens (including phenoxy) is 1. The van der Waals surface area contributed by atoms with Gasteiger partial charge >= 0.3 is 0 Å². The van der Waals surface area contributed by atoms with E-state index in [4.69, 9.17) is 4.74 Å². The minimum atomic E-state index is -0.418. The van der Waals surface area contributed by atoms with Gasteiger partial charge in [-0.25, -0.2) is 0 Å². The molecule has 3 unspecified atom stereocenters. The van der Waals surface area contributed by atoms with Crippen LogP contribution in [0, 0.1) is 17.8 Å². The summed E-state index contributed by atoms with van der Waals surface area (Å²) in [6.07, 6.45) is 10.4. The van der Waals surface area contributed by atoms with Crippen LogP contribution in [-0.2, 0) is 4.74 Å². The molecule has 2 saturated heterocycles. The van der Waals surface area contributed by atoms with E-state index < -0.39 is 5.60 Å². The SMILES string of the molecule is CC1COCNC2CCCC(C2)CN(C)CCC2(O)CCC1CC2. The second-order valence-corrected chi connectivity index (χ2v) is 9.00. The minimum Gasteiger partial charge on any atom is -0.390 e. The Morgan fingerprint density at radius 2 is 1.92 bits per heavy atom. The van der Waals surface area contributed by atoms with Crippen molar-refractivity contribution in [2.75, 3.05) is 33.5 Å². The van der Waals surface area contributed by atoms with Crippen molar-refractivity contribution in [3.05, 3.63) is 0 Å². The summed E-state index contributed by atoms with van der Waals surface area (Å²) in [4.78, 5) is 2.46. The maximum atomic E-state index is 10.9. The van der Waals surface area contributed by atoms with Crippen molar-refractivity contribution in [2.45, 2.75) is 76.4 Å². The van der Waals surface area contributed by atoms with Crippen LogP contribution in [0.2, 0.25) is 0 Å². The Bertz CT molecular complexity index is 378. The summed E-state index contributed by atoms with van der Waals surface area (Å²) in [5.41, 5.74) is -0.418. The van der Waals surface area contributed by atoms with Gasteiger partial charge in [-0.05, 0) is 76.2 Å². The predicted octanol–water partition coefficient (Wildman–Crippen LogP) is 3.00. The Morgan fingerprint density at radius 3 is 2.71 bits per heavy atom. The van der Waals surface area contributed by atoms with Crippen LogP contribution in [0.15, 0.2) is 0 Å². The maximum Gasteiger partial charge on any atom is 0.0967 e. The number of nitrogens with one attached hydrogen (secondary N) is 1. The second-order valence-electron chi connectivity index (χ2n) is 9.00. The summed E-state index contributed by atoms with van der Waals surface area (Å²) in [6.45, 7) is 6.09. The zero-order valence-electron chi connectivity index (χ0n) is 15.8. The van der Waals surface area contributed by atoms with Crippen molar-refractivity contribution in [1.29, 1.82) is 0 Å². The molecule has 2 heterocycles. The molecule has 4 heteroatoms. The van der Waals surface area contributed by atoms with Gasteiger partial charge in [0.2, 0.25) is 0 Å². The van der Waals surface area contributed by atoms with Crippen molar-refractivity contribution >= 4 is 0 Å². The molecule has 2 aliphatic heterocycles. The summed E-state index contributed by atoms with van der Waals surface area (Å²) in [6, 6.07) is 0.626. The molecule has 3 atom stereocenters. The molecule has 2 N–H and O–H groups in total. The fraction of sp³-hybridized carbons (Fsp3) is 1.00. The molecule has 0 aromatic carbocycles. The molecule has 140 valence electrons. The number of aliphatic hydroxyl groups is 1. The highest BCUT2D eigenvalue weighted by molar-refractivity contribution is 4.88. The molecule has 24 heavy (non-hydrogen) atoms. The molecular weight excluding hydrogens is 300 g/mol. The zero-order chi connectivity index (χ0) is 17.0. The third-order valence-corrected chi connectivity index (χ3v) is 6.93. The Labute approximate surface area is 148 Å². The quantitative estimate of drug-likeness (QED) is 0.713. The van der Waals surface area contributed by atoms with Crippen LogP contribution in [0.3, 0.4) is 0 Å². The molecule has 0 aromatic rings. The highest BCUT2D eigenvalue weighted by atomic mass is 16.5. The first kappa shape index (κ1) is 18.6. The molecule has 0 radical (unpaired) electrons. The van der Waals surface area contributed by atoms with E-state index in [9.17, 15) is 5.11 Å². The Hall–Kier alpha value is -0.160. The molecule has 0 spiro atoms. The summed E-state index contributed by atoms with van der Waals surface area (Å²) in [5.74, 6) is 2.11. The fourth-order valence-electron chi connectivity index (χ4n) is 5.13. The number of fused-ring (bicyclic) bond motifs is 9. The van der Waals surface area contributed by atoms with E-state index in [1.165, 1.54) is 32.2 Å². The van der Waals surface area contributed by atoms with Crippen molar-refractivity contribution in [2.24, 2.45) is 17.8 Å². The van der Waals surface area contributed by atoms with Gasteiger partial charge in [0, 0.05) is 19.1 Å². The van der Waals surface area contributed by atoms with Crippen LogP contribution in [0.4, 0.5) is 0 Å².